The molecule has 0 amide bonds. The summed E-state index contributed by atoms with van der Waals surface area (Å²) in [6.07, 6.45) is 1.50. The maximum Gasteiger partial charge on any atom is 0.233 e. The zero-order valence-electron chi connectivity index (χ0n) is 8.95. The van der Waals surface area contributed by atoms with Crippen LogP contribution in [-0.4, -0.2) is 10.1 Å². The highest BCUT2D eigenvalue weighted by Gasteiger charge is 2.09. The number of ether oxygens (including phenoxy) is 1. The molecule has 2 aromatic rings. The second kappa shape index (κ2) is 4.94. The second-order valence-electron chi connectivity index (χ2n) is 3.44. The third-order valence-electron chi connectivity index (χ3n) is 2.24. The highest BCUT2D eigenvalue weighted by atomic mass is 79.9. The summed E-state index contributed by atoms with van der Waals surface area (Å²) < 4.78 is 6.26. The van der Waals surface area contributed by atoms with Gasteiger partial charge in [-0.15, -0.1) is 0 Å². The van der Waals surface area contributed by atoms with Crippen LogP contribution in [0.4, 0.5) is 0 Å². The molecule has 1 N–H and O–H groups in total. The molecule has 17 heavy (non-hydrogen) atoms. The molecule has 3 nitrogen and oxygen atoms in total. The molecule has 0 aliphatic heterocycles. The van der Waals surface area contributed by atoms with Crippen LogP contribution in [0.5, 0.6) is 17.4 Å². The highest BCUT2D eigenvalue weighted by Crippen LogP contribution is 2.33. The van der Waals surface area contributed by atoms with Crippen molar-refractivity contribution < 1.29 is 9.84 Å². The van der Waals surface area contributed by atoms with E-state index in [1.54, 1.807) is 31.2 Å². The Morgan fingerprint density at radius 3 is 2.88 bits per heavy atom. The minimum Gasteiger partial charge on any atom is -0.508 e. The van der Waals surface area contributed by atoms with E-state index in [1.807, 2.05) is 0 Å². The van der Waals surface area contributed by atoms with Crippen molar-refractivity contribution in [3.8, 4) is 17.4 Å². The molecule has 5 heteroatoms. The summed E-state index contributed by atoms with van der Waals surface area (Å²) in [5.74, 6) is 1.15. The lowest BCUT2D eigenvalue weighted by Crippen LogP contribution is -1.91. The SMILES string of the molecule is Cc1c(O)cccc1Oc1ncc(Cl)cc1Br. The third-order valence-corrected chi connectivity index (χ3v) is 3.01. The van der Waals surface area contributed by atoms with E-state index in [1.165, 1.54) is 6.20 Å². The van der Waals surface area contributed by atoms with Crippen LogP contribution in [-0.2, 0) is 0 Å². The van der Waals surface area contributed by atoms with Crippen LogP contribution >= 0.6 is 27.5 Å². The molecule has 0 atom stereocenters. The van der Waals surface area contributed by atoms with Crippen molar-refractivity contribution in [2.75, 3.05) is 0 Å². The standard InChI is InChI=1S/C12H9BrClNO2/c1-7-10(16)3-2-4-11(7)17-12-9(13)5-8(14)6-15-12/h2-6,16H,1H3. The second-order valence-corrected chi connectivity index (χ2v) is 4.73. The number of benzene rings is 1. The summed E-state index contributed by atoms with van der Waals surface area (Å²) in [5, 5.41) is 10.1. The minimum absolute atomic E-state index is 0.188. The summed E-state index contributed by atoms with van der Waals surface area (Å²) in [6.45, 7) is 1.77. The molecule has 2 rings (SSSR count). The molecular formula is C12H9BrClNO2. The average molecular weight is 315 g/mol. The van der Waals surface area contributed by atoms with Crippen LogP contribution in [0.25, 0.3) is 0 Å². The number of nitrogens with zero attached hydrogens (tertiary/aromatic N) is 1. The third kappa shape index (κ3) is 2.70. The van der Waals surface area contributed by atoms with E-state index in [2.05, 4.69) is 20.9 Å². The van der Waals surface area contributed by atoms with E-state index in [0.29, 0.717) is 26.7 Å². The number of hydrogen-bond acceptors (Lipinski definition) is 3. The molecule has 0 unspecified atom stereocenters. The molecule has 0 radical (unpaired) electrons. The van der Waals surface area contributed by atoms with E-state index in [9.17, 15) is 5.11 Å². The maximum absolute atomic E-state index is 9.56. The van der Waals surface area contributed by atoms with Crippen molar-refractivity contribution in [2.24, 2.45) is 0 Å². The van der Waals surface area contributed by atoms with Gasteiger partial charge in [0, 0.05) is 11.8 Å². The van der Waals surface area contributed by atoms with E-state index in [-0.39, 0.29) is 5.75 Å². The van der Waals surface area contributed by atoms with Crippen molar-refractivity contribution in [1.29, 1.82) is 0 Å². The van der Waals surface area contributed by atoms with Gasteiger partial charge in [-0.25, -0.2) is 4.98 Å². The molecule has 0 fully saturated rings. The quantitative estimate of drug-likeness (QED) is 0.898. The van der Waals surface area contributed by atoms with Gasteiger partial charge in [-0.3, -0.25) is 0 Å². The summed E-state index contributed by atoms with van der Waals surface area (Å²) in [7, 11) is 0. The van der Waals surface area contributed by atoms with Gasteiger partial charge in [0.2, 0.25) is 5.88 Å². The Kier molecular flexibility index (Phi) is 3.54. The molecule has 0 aliphatic carbocycles. The fraction of sp³-hybridized carbons (Fsp3) is 0.0833. The number of aromatic hydroxyl groups is 1. The van der Waals surface area contributed by atoms with Crippen molar-refractivity contribution in [2.45, 2.75) is 6.92 Å². The lowest BCUT2D eigenvalue weighted by atomic mass is 10.2. The molecule has 0 bridgehead atoms. The fourth-order valence-electron chi connectivity index (χ4n) is 1.29. The minimum atomic E-state index is 0.188. The zero-order chi connectivity index (χ0) is 12.4. The van der Waals surface area contributed by atoms with Crippen molar-refractivity contribution in [3.05, 3.63) is 45.5 Å². The first kappa shape index (κ1) is 12.2. The van der Waals surface area contributed by atoms with Crippen LogP contribution in [0.2, 0.25) is 5.02 Å². The number of aromatic nitrogens is 1. The van der Waals surface area contributed by atoms with Crippen LogP contribution in [0.1, 0.15) is 5.56 Å². The number of phenols is 1. The average Bonchev–Trinajstić information content (AvgIpc) is 2.28. The number of pyridine rings is 1. The number of halogens is 2. The molecule has 0 saturated carbocycles. The number of phenolic OH excluding ortho intramolecular Hbond substituents is 1. The highest BCUT2D eigenvalue weighted by molar-refractivity contribution is 9.10. The van der Waals surface area contributed by atoms with Crippen molar-refractivity contribution >= 4 is 27.5 Å². The number of hydrogen-bond donors (Lipinski definition) is 1. The molecule has 0 aliphatic rings. The van der Waals surface area contributed by atoms with Crippen LogP contribution in [0, 0.1) is 6.92 Å². The number of rotatable bonds is 2. The first-order chi connectivity index (χ1) is 8.08. The zero-order valence-corrected chi connectivity index (χ0v) is 11.3. The van der Waals surface area contributed by atoms with Crippen molar-refractivity contribution in [1.82, 2.24) is 4.98 Å². The first-order valence-corrected chi connectivity index (χ1v) is 6.02. The Balaban J connectivity index is 2.35. The van der Waals surface area contributed by atoms with Gasteiger partial charge in [-0.1, -0.05) is 17.7 Å². The van der Waals surface area contributed by atoms with Gasteiger partial charge in [0.05, 0.1) is 9.50 Å². The van der Waals surface area contributed by atoms with E-state index < -0.39 is 0 Å². The van der Waals surface area contributed by atoms with Gasteiger partial charge in [0.1, 0.15) is 11.5 Å². The van der Waals surface area contributed by atoms with Gasteiger partial charge in [-0.05, 0) is 41.1 Å². The van der Waals surface area contributed by atoms with E-state index in [4.69, 9.17) is 16.3 Å². The Morgan fingerprint density at radius 2 is 2.18 bits per heavy atom. The molecule has 1 aromatic carbocycles. The van der Waals surface area contributed by atoms with Crippen LogP contribution in [0.15, 0.2) is 34.9 Å². The first-order valence-electron chi connectivity index (χ1n) is 4.85. The van der Waals surface area contributed by atoms with E-state index in [0.717, 1.165) is 0 Å². The van der Waals surface area contributed by atoms with Crippen molar-refractivity contribution in [3.63, 3.8) is 0 Å². The Labute approximate surface area is 112 Å². The summed E-state index contributed by atoms with van der Waals surface area (Å²) in [6, 6.07) is 6.77. The predicted molar refractivity (Wildman–Crippen MR) is 69.9 cm³/mol. The summed E-state index contributed by atoms with van der Waals surface area (Å²) in [5.41, 5.74) is 0.663. The fourth-order valence-corrected chi connectivity index (χ4v) is 2.01. The van der Waals surface area contributed by atoms with Crippen LogP contribution < -0.4 is 4.74 Å². The molecule has 1 heterocycles. The molecule has 0 spiro atoms. The molecule has 88 valence electrons. The molecule has 0 saturated heterocycles. The summed E-state index contributed by atoms with van der Waals surface area (Å²) >= 11 is 9.10. The van der Waals surface area contributed by atoms with Gasteiger partial charge >= 0.3 is 0 Å². The Bertz CT molecular complexity index is 560. The monoisotopic (exact) mass is 313 g/mol. The normalized spacial score (nSPS) is 10.3. The van der Waals surface area contributed by atoms with Gasteiger partial charge in [-0.2, -0.15) is 0 Å². The van der Waals surface area contributed by atoms with Gasteiger partial charge in [0.25, 0.3) is 0 Å². The lowest BCUT2D eigenvalue weighted by molar-refractivity contribution is 0.437. The molecule has 1 aromatic heterocycles. The summed E-state index contributed by atoms with van der Waals surface area (Å²) in [4.78, 5) is 4.06. The van der Waals surface area contributed by atoms with Gasteiger partial charge < -0.3 is 9.84 Å². The maximum atomic E-state index is 9.56. The lowest BCUT2D eigenvalue weighted by Gasteiger charge is -2.10. The van der Waals surface area contributed by atoms with Gasteiger partial charge in [0.15, 0.2) is 0 Å². The topological polar surface area (TPSA) is 42.4 Å². The largest absolute Gasteiger partial charge is 0.508 e. The smallest absolute Gasteiger partial charge is 0.233 e. The van der Waals surface area contributed by atoms with E-state index >= 15 is 0 Å². The molecular weight excluding hydrogens is 305 g/mol. The Morgan fingerprint density at radius 1 is 1.41 bits per heavy atom. The van der Waals surface area contributed by atoms with Crippen LogP contribution in [0.3, 0.4) is 0 Å². The Hall–Kier alpha value is -1.26. The predicted octanol–water partition coefficient (Wildman–Crippen LogP) is 4.30.